The summed E-state index contributed by atoms with van der Waals surface area (Å²) < 4.78 is 5.15. The van der Waals surface area contributed by atoms with Crippen molar-refractivity contribution in [2.75, 3.05) is 20.2 Å². The van der Waals surface area contributed by atoms with Crippen molar-refractivity contribution in [2.45, 2.75) is 52.7 Å². The fourth-order valence-electron chi connectivity index (χ4n) is 1.23. The third-order valence-electron chi connectivity index (χ3n) is 1.82. The molecule has 7 heteroatoms. The van der Waals surface area contributed by atoms with Crippen LogP contribution in [-0.4, -0.2) is 58.6 Å². The number of ether oxygens (including phenoxy) is 1. The van der Waals surface area contributed by atoms with Crippen LogP contribution in [0.15, 0.2) is 0 Å². The average Bonchev–Trinajstić information content (AvgIpc) is 2.69. The summed E-state index contributed by atoms with van der Waals surface area (Å²) in [5, 5.41) is 16.2. The van der Waals surface area contributed by atoms with E-state index in [1.807, 2.05) is 34.6 Å². The number of carbonyl (C=O) groups excluding carboxylic acids is 1. The maximum absolute atomic E-state index is 11.4. The molecule has 0 radical (unpaired) electrons. The summed E-state index contributed by atoms with van der Waals surface area (Å²) in [5.41, 5.74) is -0.454. The Hall–Kier alpha value is -0.162. The van der Waals surface area contributed by atoms with Crippen LogP contribution in [0.2, 0.25) is 0 Å². The molecule has 6 nitrogen and oxygen atoms in total. The van der Waals surface area contributed by atoms with E-state index in [1.54, 1.807) is 0 Å². The van der Waals surface area contributed by atoms with E-state index >= 15 is 0 Å². The number of likely N-dealkylation sites (tertiary alicyclic amines) is 1. The van der Waals surface area contributed by atoms with Crippen LogP contribution in [0.3, 0.4) is 0 Å². The molecule has 0 spiro atoms. The molecule has 1 unspecified atom stereocenters. The van der Waals surface area contributed by atoms with Gasteiger partial charge in [0.05, 0.1) is 6.10 Å². The predicted octanol–water partition coefficient (Wildman–Crippen LogP) is 0.796. The van der Waals surface area contributed by atoms with Gasteiger partial charge in [-0.2, -0.15) is 0 Å². The summed E-state index contributed by atoms with van der Waals surface area (Å²) in [5.74, 6) is 0. The van der Waals surface area contributed by atoms with Crippen molar-refractivity contribution in [1.29, 1.82) is 0 Å². The first kappa shape index (κ1) is 27.2. The quantitative estimate of drug-likeness (QED) is 0.569. The molecule has 1 saturated heterocycles. The summed E-state index contributed by atoms with van der Waals surface area (Å²) in [4.78, 5) is 12.9. The summed E-state index contributed by atoms with van der Waals surface area (Å²) in [7, 11) is 1.00. The van der Waals surface area contributed by atoms with E-state index in [1.165, 1.54) is 4.90 Å². The smallest absolute Gasteiger partial charge is 0.410 e. The average molecular weight is 451 g/mol. The van der Waals surface area contributed by atoms with E-state index in [-0.39, 0.29) is 38.7 Å². The Morgan fingerprint density at radius 2 is 1.68 bits per heavy atom. The van der Waals surface area contributed by atoms with Gasteiger partial charge in [-0.05, 0) is 27.2 Å². The number of nitrogens with zero attached hydrogens (tertiary/aromatic N) is 1. The Kier molecular flexibility index (Phi) is 20.4. The zero-order valence-electron chi connectivity index (χ0n) is 12.8. The van der Waals surface area contributed by atoms with E-state index < -0.39 is 5.60 Å². The third-order valence-corrected chi connectivity index (χ3v) is 1.82. The first-order valence-electron chi connectivity index (χ1n) is 5.99. The molecule has 1 rings (SSSR count). The molecule has 0 bridgehead atoms. The van der Waals surface area contributed by atoms with Crippen molar-refractivity contribution in [1.82, 2.24) is 4.90 Å². The zero-order chi connectivity index (χ0) is 14.1. The van der Waals surface area contributed by atoms with Crippen LogP contribution in [0.25, 0.3) is 0 Å². The van der Waals surface area contributed by atoms with E-state index in [9.17, 15) is 9.90 Å². The van der Waals surface area contributed by atoms with Gasteiger partial charge in [0.1, 0.15) is 5.60 Å². The number of β-amino-alcohol motifs (C(OH)–C–C–N with tert-alkyl or cyclic N) is 1. The number of aliphatic hydroxyl groups excluding tert-OH is 2. The number of aliphatic hydroxyl groups is 2. The van der Waals surface area contributed by atoms with Crippen molar-refractivity contribution in [3.05, 3.63) is 0 Å². The van der Waals surface area contributed by atoms with Crippen molar-refractivity contribution >= 4 is 6.09 Å². The minimum absolute atomic E-state index is 0. The SMILES string of the molecule is CC.CC(C)(C)OC(=O)N1CCC(O)C1.CO.O.[W]. The van der Waals surface area contributed by atoms with Crippen LogP contribution in [0.5, 0.6) is 0 Å². The van der Waals surface area contributed by atoms with Gasteiger partial charge in [0.25, 0.3) is 0 Å². The molecular formula is C12H29NO5W. The van der Waals surface area contributed by atoms with Gasteiger partial charge in [0.15, 0.2) is 0 Å². The second-order valence-corrected chi connectivity index (χ2v) is 4.37. The maximum atomic E-state index is 11.4. The van der Waals surface area contributed by atoms with Crippen LogP contribution in [0.1, 0.15) is 41.0 Å². The Bertz CT molecular complexity index is 209. The van der Waals surface area contributed by atoms with Gasteiger partial charge in [-0.25, -0.2) is 4.79 Å². The van der Waals surface area contributed by atoms with E-state index in [2.05, 4.69) is 0 Å². The molecule has 1 aliphatic heterocycles. The van der Waals surface area contributed by atoms with Crippen LogP contribution in [0, 0.1) is 0 Å². The van der Waals surface area contributed by atoms with Gasteiger partial charge in [-0.15, -0.1) is 0 Å². The molecular weight excluding hydrogens is 422 g/mol. The second kappa shape index (κ2) is 14.3. The predicted molar refractivity (Wildman–Crippen MR) is 71.5 cm³/mol. The van der Waals surface area contributed by atoms with Crippen molar-refractivity contribution < 1.29 is 46.3 Å². The van der Waals surface area contributed by atoms with Crippen LogP contribution >= 0.6 is 0 Å². The fourth-order valence-corrected chi connectivity index (χ4v) is 1.23. The van der Waals surface area contributed by atoms with Crippen molar-refractivity contribution in [2.24, 2.45) is 0 Å². The molecule has 0 saturated carbocycles. The topological polar surface area (TPSA) is 102 Å². The molecule has 118 valence electrons. The second-order valence-electron chi connectivity index (χ2n) is 4.37. The molecule has 1 fully saturated rings. The monoisotopic (exact) mass is 451 g/mol. The minimum atomic E-state index is -0.454. The first-order chi connectivity index (χ1) is 7.88. The molecule has 1 aliphatic rings. The van der Waals surface area contributed by atoms with Crippen LogP contribution in [0.4, 0.5) is 4.79 Å². The van der Waals surface area contributed by atoms with Gasteiger partial charge in [0, 0.05) is 41.3 Å². The molecule has 4 N–H and O–H groups in total. The summed E-state index contributed by atoms with van der Waals surface area (Å²) >= 11 is 0. The van der Waals surface area contributed by atoms with Gasteiger partial charge in [-0.1, -0.05) is 13.8 Å². The zero-order valence-corrected chi connectivity index (χ0v) is 15.7. The fraction of sp³-hybridized carbons (Fsp3) is 0.917. The number of rotatable bonds is 0. The number of hydrogen-bond acceptors (Lipinski definition) is 4. The number of amides is 1. The molecule has 0 aliphatic carbocycles. The molecule has 19 heavy (non-hydrogen) atoms. The van der Waals surface area contributed by atoms with Crippen LogP contribution in [-0.2, 0) is 25.8 Å². The van der Waals surface area contributed by atoms with Gasteiger partial charge in [0.2, 0.25) is 0 Å². The van der Waals surface area contributed by atoms with Gasteiger partial charge >= 0.3 is 6.09 Å². The third kappa shape index (κ3) is 14.1. The van der Waals surface area contributed by atoms with Gasteiger partial charge < -0.3 is 25.3 Å². The molecule has 0 aromatic rings. The van der Waals surface area contributed by atoms with E-state index in [4.69, 9.17) is 9.84 Å². The van der Waals surface area contributed by atoms with E-state index in [0.29, 0.717) is 19.5 Å². The Morgan fingerprint density at radius 1 is 1.26 bits per heavy atom. The Balaban J connectivity index is -0.000000171. The molecule has 1 heterocycles. The number of hydrogen-bond donors (Lipinski definition) is 2. The Labute approximate surface area is 130 Å². The van der Waals surface area contributed by atoms with Crippen molar-refractivity contribution in [3.8, 4) is 0 Å². The number of carbonyl (C=O) groups is 1. The maximum Gasteiger partial charge on any atom is 0.410 e. The molecule has 1 atom stereocenters. The van der Waals surface area contributed by atoms with E-state index in [0.717, 1.165) is 7.11 Å². The van der Waals surface area contributed by atoms with Crippen molar-refractivity contribution in [3.63, 3.8) is 0 Å². The Morgan fingerprint density at radius 3 is 1.95 bits per heavy atom. The normalized spacial score (nSPS) is 16.6. The largest absolute Gasteiger partial charge is 0.444 e. The molecule has 0 aromatic carbocycles. The molecule has 1 amide bonds. The summed E-state index contributed by atoms with van der Waals surface area (Å²) in [6.45, 7) is 10.5. The standard InChI is InChI=1S/C9H17NO3.C2H6.CH4O.H2O.W/c1-9(2,3)13-8(12)10-5-4-7(11)6-10;2*1-2;;/h7,11H,4-6H2,1-3H3;1-2H3;2H,1H3;1H2;. The minimum Gasteiger partial charge on any atom is -0.444 e. The summed E-state index contributed by atoms with van der Waals surface area (Å²) in [6.07, 6.45) is -0.0595. The van der Waals surface area contributed by atoms with Gasteiger partial charge in [-0.3, -0.25) is 0 Å². The first-order valence-corrected chi connectivity index (χ1v) is 5.99. The van der Waals surface area contributed by atoms with Crippen LogP contribution < -0.4 is 0 Å². The summed E-state index contributed by atoms with van der Waals surface area (Å²) in [6, 6.07) is 0. The molecule has 0 aromatic heterocycles.